The summed E-state index contributed by atoms with van der Waals surface area (Å²) in [6.07, 6.45) is 8.81. The highest BCUT2D eigenvalue weighted by Gasteiger charge is 2.49. The van der Waals surface area contributed by atoms with E-state index < -0.39 is 0 Å². The second kappa shape index (κ2) is 8.05. The third kappa shape index (κ3) is 3.53. The number of aromatic nitrogens is 2. The molecule has 0 unspecified atom stereocenters. The van der Waals surface area contributed by atoms with E-state index in [0.717, 1.165) is 38.2 Å². The van der Waals surface area contributed by atoms with Gasteiger partial charge < -0.3 is 15.1 Å². The summed E-state index contributed by atoms with van der Waals surface area (Å²) in [4.78, 5) is 38.6. The third-order valence-electron chi connectivity index (χ3n) is 6.88. The van der Waals surface area contributed by atoms with Crippen LogP contribution < -0.4 is 10.2 Å². The van der Waals surface area contributed by atoms with Crippen LogP contribution in [0.1, 0.15) is 36.0 Å². The molecule has 0 saturated carbocycles. The van der Waals surface area contributed by atoms with Crippen LogP contribution >= 0.6 is 0 Å². The van der Waals surface area contributed by atoms with Gasteiger partial charge in [0.05, 0.1) is 6.04 Å². The lowest BCUT2D eigenvalue weighted by Gasteiger charge is -2.56. The fourth-order valence-corrected chi connectivity index (χ4v) is 5.57. The molecule has 5 heterocycles. The highest BCUT2D eigenvalue weighted by atomic mass is 16.2. The smallest absolute Gasteiger partial charge is 0.251 e. The van der Waals surface area contributed by atoms with Gasteiger partial charge in [-0.25, -0.2) is 4.98 Å². The molecule has 0 radical (unpaired) electrons. The van der Waals surface area contributed by atoms with Gasteiger partial charge in [-0.1, -0.05) is 6.07 Å². The van der Waals surface area contributed by atoms with Gasteiger partial charge in [-0.05, 0) is 55.4 Å². The van der Waals surface area contributed by atoms with Crippen LogP contribution in [0.4, 0.5) is 5.82 Å². The first-order valence-corrected chi connectivity index (χ1v) is 10.9. The van der Waals surface area contributed by atoms with Gasteiger partial charge in [0.1, 0.15) is 5.82 Å². The lowest BCUT2D eigenvalue weighted by atomic mass is 9.72. The summed E-state index contributed by atoms with van der Waals surface area (Å²) in [5, 5.41) is 3.09. The van der Waals surface area contributed by atoms with E-state index in [-0.39, 0.29) is 23.9 Å². The normalized spacial score (nSPS) is 28.1. The number of anilines is 1. The molecule has 5 rings (SSSR count). The van der Waals surface area contributed by atoms with Crippen molar-refractivity contribution in [1.82, 2.24) is 20.2 Å². The highest BCUT2D eigenvalue weighted by molar-refractivity contribution is 5.94. The molecule has 3 fully saturated rings. The van der Waals surface area contributed by atoms with E-state index in [4.69, 9.17) is 0 Å². The van der Waals surface area contributed by atoms with E-state index in [1.807, 2.05) is 18.3 Å². The SMILES string of the molecule is O=C(NC[C@H]1[C@H]2C[C@H](CN(c3ccccn3)C2)[C@@H]2CCCC(=O)N21)c1ccncc1. The van der Waals surface area contributed by atoms with E-state index in [0.29, 0.717) is 30.4 Å². The largest absolute Gasteiger partial charge is 0.356 e. The van der Waals surface area contributed by atoms with Crippen LogP contribution in [0.15, 0.2) is 48.9 Å². The van der Waals surface area contributed by atoms with Crippen LogP contribution in [0.3, 0.4) is 0 Å². The minimum Gasteiger partial charge on any atom is -0.356 e. The third-order valence-corrected chi connectivity index (χ3v) is 6.88. The Balaban J connectivity index is 1.38. The van der Waals surface area contributed by atoms with Crippen molar-refractivity contribution in [3.63, 3.8) is 0 Å². The molecule has 156 valence electrons. The van der Waals surface area contributed by atoms with Crippen LogP contribution in [0.2, 0.25) is 0 Å². The molecular weight excluding hydrogens is 378 g/mol. The maximum atomic E-state index is 12.9. The van der Waals surface area contributed by atoms with Crippen molar-refractivity contribution in [2.24, 2.45) is 11.8 Å². The summed E-state index contributed by atoms with van der Waals surface area (Å²) in [6, 6.07) is 9.73. The Kier molecular flexibility index (Phi) is 5.11. The monoisotopic (exact) mass is 405 g/mol. The first kappa shape index (κ1) is 19.0. The molecule has 3 aliphatic rings. The molecule has 2 amide bonds. The van der Waals surface area contributed by atoms with E-state index in [2.05, 4.69) is 31.2 Å². The average Bonchev–Trinajstić information content (AvgIpc) is 2.80. The highest BCUT2D eigenvalue weighted by Crippen LogP contribution is 2.42. The molecule has 4 atom stereocenters. The van der Waals surface area contributed by atoms with Crippen molar-refractivity contribution < 1.29 is 9.59 Å². The zero-order valence-electron chi connectivity index (χ0n) is 17.0. The number of nitrogens with one attached hydrogen (secondary N) is 1. The van der Waals surface area contributed by atoms with Gasteiger partial charge in [0, 0.05) is 56.3 Å². The summed E-state index contributed by atoms with van der Waals surface area (Å²) in [6.45, 7) is 2.29. The summed E-state index contributed by atoms with van der Waals surface area (Å²) in [7, 11) is 0. The fraction of sp³-hybridized carbons (Fsp3) is 0.478. The van der Waals surface area contributed by atoms with E-state index in [1.54, 1.807) is 24.5 Å². The van der Waals surface area contributed by atoms with Crippen molar-refractivity contribution in [3.8, 4) is 0 Å². The van der Waals surface area contributed by atoms with Gasteiger partial charge in [-0.2, -0.15) is 0 Å². The Bertz CT molecular complexity index is 906. The number of pyridine rings is 2. The number of hydrogen-bond acceptors (Lipinski definition) is 5. The number of amides is 2. The number of hydrogen-bond donors (Lipinski definition) is 1. The first-order chi connectivity index (χ1) is 14.7. The predicted octanol–water partition coefficient (Wildman–Crippen LogP) is 2.11. The van der Waals surface area contributed by atoms with Gasteiger partial charge in [0.2, 0.25) is 5.91 Å². The topological polar surface area (TPSA) is 78.4 Å². The zero-order chi connectivity index (χ0) is 20.5. The molecule has 7 heteroatoms. The molecule has 0 aliphatic carbocycles. The molecule has 7 nitrogen and oxygen atoms in total. The van der Waals surface area contributed by atoms with E-state index >= 15 is 0 Å². The number of nitrogens with zero attached hydrogens (tertiary/aromatic N) is 4. The molecule has 0 spiro atoms. The van der Waals surface area contributed by atoms with Gasteiger partial charge in [-0.15, -0.1) is 0 Å². The maximum absolute atomic E-state index is 12.9. The molecule has 3 aliphatic heterocycles. The summed E-state index contributed by atoms with van der Waals surface area (Å²) in [5.74, 6) is 1.92. The van der Waals surface area contributed by atoms with Crippen molar-refractivity contribution in [2.75, 3.05) is 24.5 Å². The predicted molar refractivity (Wildman–Crippen MR) is 113 cm³/mol. The van der Waals surface area contributed by atoms with Crippen molar-refractivity contribution in [1.29, 1.82) is 0 Å². The quantitative estimate of drug-likeness (QED) is 0.843. The summed E-state index contributed by atoms with van der Waals surface area (Å²) < 4.78 is 0. The molecular formula is C23H27N5O2. The van der Waals surface area contributed by atoms with Crippen LogP contribution in [0.25, 0.3) is 0 Å². The number of carbonyl (C=O) groups excluding carboxylic acids is 2. The average molecular weight is 406 g/mol. The van der Waals surface area contributed by atoms with Crippen molar-refractivity contribution in [3.05, 3.63) is 54.5 Å². The zero-order valence-corrected chi connectivity index (χ0v) is 17.0. The summed E-state index contributed by atoms with van der Waals surface area (Å²) in [5.41, 5.74) is 0.596. The lowest BCUT2D eigenvalue weighted by Crippen LogP contribution is -2.67. The minimum absolute atomic E-state index is 0.0244. The van der Waals surface area contributed by atoms with E-state index in [1.165, 1.54) is 0 Å². The Hall–Kier alpha value is -2.96. The van der Waals surface area contributed by atoms with Crippen molar-refractivity contribution in [2.45, 2.75) is 37.8 Å². The number of fused-ring (bicyclic) bond motifs is 4. The second-order valence-electron chi connectivity index (χ2n) is 8.62. The van der Waals surface area contributed by atoms with Gasteiger partial charge >= 0.3 is 0 Å². The first-order valence-electron chi connectivity index (χ1n) is 10.9. The standard InChI is InChI=1S/C23H27N5O2/c29-22-6-3-4-19-17-12-18(15-27(14-17)21-5-1-2-9-25-21)20(28(19)22)13-26-23(30)16-7-10-24-11-8-16/h1-2,5,7-11,17-20H,3-4,6,12-15H2,(H,26,30)/t17-,18+,19+,20+/m1/s1. The number of piperidine rings is 3. The van der Waals surface area contributed by atoms with Crippen LogP contribution in [-0.2, 0) is 4.79 Å². The maximum Gasteiger partial charge on any atom is 0.251 e. The molecule has 1 N–H and O–H groups in total. The molecule has 2 aromatic rings. The Labute approximate surface area is 176 Å². The molecule has 3 saturated heterocycles. The molecule has 2 aromatic heterocycles. The number of carbonyl (C=O) groups is 2. The van der Waals surface area contributed by atoms with Gasteiger partial charge in [0.15, 0.2) is 0 Å². The molecule has 0 aromatic carbocycles. The van der Waals surface area contributed by atoms with Gasteiger partial charge in [-0.3, -0.25) is 14.6 Å². The number of rotatable bonds is 4. The minimum atomic E-state index is -0.113. The van der Waals surface area contributed by atoms with Crippen LogP contribution in [0.5, 0.6) is 0 Å². The molecule has 2 bridgehead atoms. The van der Waals surface area contributed by atoms with Crippen molar-refractivity contribution >= 4 is 17.6 Å². The van der Waals surface area contributed by atoms with E-state index in [9.17, 15) is 9.59 Å². The lowest BCUT2D eigenvalue weighted by molar-refractivity contribution is -0.148. The second-order valence-corrected chi connectivity index (χ2v) is 8.62. The fourth-order valence-electron chi connectivity index (χ4n) is 5.57. The Morgan fingerprint density at radius 2 is 1.93 bits per heavy atom. The van der Waals surface area contributed by atoms with Crippen LogP contribution in [-0.4, -0.2) is 58.4 Å². The molecule has 30 heavy (non-hydrogen) atoms. The Morgan fingerprint density at radius 1 is 1.10 bits per heavy atom. The Morgan fingerprint density at radius 3 is 2.73 bits per heavy atom. The van der Waals surface area contributed by atoms with Gasteiger partial charge in [0.25, 0.3) is 5.91 Å². The summed E-state index contributed by atoms with van der Waals surface area (Å²) >= 11 is 0. The van der Waals surface area contributed by atoms with Crippen LogP contribution in [0, 0.1) is 11.8 Å².